The van der Waals surface area contributed by atoms with E-state index in [0.717, 1.165) is 15.8 Å². The average molecular weight is 631 g/mol. The van der Waals surface area contributed by atoms with E-state index < -0.39 is 17.6 Å². The van der Waals surface area contributed by atoms with Crippen LogP contribution in [0.3, 0.4) is 0 Å². The molecule has 0 aliphatic carbocycles. The molecule has 41 heavy (non-hydrogen) atoms. The van der Waals surface area contributed by atoms with Crippen LogP contribution in [0.15, 0.2) is 92.6 Å². The maximum atomic E-state index is 14.3. The van der Waals surface area contributed by atoms with Crippen LogP contribution in [-0.4, -0.2) is 37.2 Å². The van der Waals surface area contributed by atoms with Crippen molar-refractivity contribution in [1.82, 2.24) is 4.57 Å². The molecule has 0 N–H and O–H groups in total. The fourth-order valence-electron chi connectivity index (χ4n) is 5.21. The van der Waals surface area contributed by atoms with E-state index in [1.165, 1.54) is 9.47 Å². The Labute approximate surface area is 247 Å². The van der Waals surface area contributed by atoms with Gasteiger partial charge in [-0.15, -0.1) is 0 Å². The highest BCUT2D eigenvalue weighted by molar-refractivity contribution is 9.10. The van der Waals surface area contributed by atoms with E-state index in [0.29, 0.717) is 44.2 Å². The number of ether oxygens (including phenoxy) is 2. The number of aromatic nitrogens is 1. The minimum absolute atomic E-state index is 0.154. The predicted molar refractivity (Wildman–Crippen MR) is 161 cm³/mol. The molecule has 0 bridgehead atoms. The van der Waals surface area contributed by atoms with Crippen molar-refractivity contribution in [3.05, 3.63) is 119 Å². The number of carbonyl (C=O) groups excluding carboxylic acids is 2. The van der Waals surface area contributed by atoms with Crippen molar-refractivity contribution in [2.24, 2.45) is 4.99 Å². The molecular weight excluding hydrogens is 606 g/mol. The first kappa shape index (κ1) is 26.9. The number of benzene rings is 3. The summed E-state index contributed by atoms with van der Waals surface area (Å²) in [5, 5.41) is 0. The fourth-order valence-corrected chi connectivity index (χ4v) is 6.66. The third kappa shape index (κ3) is 4.43. The van der Waals surface area contributed by atoms with E-state index >= 15 is 0 Å². The van der Waals surface area contributed by atoms with Crippen LogP contribution < -0.4 is 24.5 Å². The third-order valence-electron chi connectivity index (χ3n) is 7.12. The van der Waals surface area contributed by atoms with Crippen molar-refractivity contribution < 1.29 is 19.1 Å². The molecule has 3 heterocycles. The van der Waals surface area contributed by atoms with Gasteiger partial charge in [0.15, 0.2) is 4.80 Å². The smallest absolute Gasteiger partial charge is 0.338 e. The molecule has 6 rings (SSSR count). The van der Waals surface area contributed by atoms with Gasteiger partial charge in [0.1, 0.15) is 10.3 Å². The van der Waals surface area contributed by atoms with Gasteiger partial charge >= 0.3 is 5.97 Å². The maximum absolute atomic E-state index is 14.3. The maximum Gasteiger partial charge on any atom is 0.338 e. The Hall–Kier alpha value is -4.28. The summed E-state index contributed by atoms with van der Waals surface area (Å²) in [4.78, 5) is 48.2. The number of thiazole rings is 1. The Morgan fingerprint density at radius 1 is 1.05 bits per heavy atom. The molecule has 0 radical (unpaired) electrons. The summed E-state index contributed by atoms with van der Waals surface area (Å²) < 4.78 is 13.4. The predicted octanol–water partition coefficient (Wildman–Crippen LogP) is 4.05. The lowest BCUT2D eigenvalue weighted by Gasteiger charge is -2.26. The molecular formula is C31H24BrN3O5S. The number of halogens is 1. The molecule has 1 atom stereocenters. The lowest BCUT2D eigenvalue weighted by Crippen LogP contribution is -2.40. The van der Waals surface area contributed by atoms with Crippen LogP contribution in [0.2, 0.25) is 0 Å². The lowest BCUT2D eigenvalue weighted by molar-refractivity contribution is -0.138. The highest BCUT2D eigenvalue weighted by atomic mass is 79.9. The molecule has 8 nitrogen and oxygen atoms in total. The van der Waals surface area contributed by atoms with Crippen molar-refractivity contribution in [2.45, 2.75) is 13.0 Å². The Kier molecular flexibility index (Phi) is 6.96. The molecule has 0 saturated heterocycles. The van der Waals surface area contributed by atoms with E-state index in [-0.39, 0.29) is 22.6 Å². The second kappa shape index (κ2) is 10.6. The molecule has 0 saturated carbocycles. The zero-order valence-corrected chi connectivity index (χ0v) is 24.8. The summed E-state index contributed by atoms with van der Waals surface area (Å²) in [7, 11) is 3.26. The minimum Gasteiger partial charge on any atom is -0.497 e. The summed E-state index contributed by atoms with van der Waals surface area (Å²) in [5.41, 5.74) is 3.31. The summed E-state index contributed by atoms with van der Waals surface area (Å²) in [6.07, 6.45) is 0. The molecule has 1 amide bonds. The summed E-state index contributed by atoms with van der Waals surface area (Å²) >= 11 is 4.63. The molecule has 4 aromatic rings. The third-order valence-corrected chi connectivity index (χ3v) is 8.66. The minimum atomic E-state index is -0.850. The molecule has 3 aromatic carbocycles. The number of methoxy groups -OCH3 is 1. The van der Waals surface area contributed by atoms with Crippen molar-refractivity contribution in [3.63, 3.8) is 0 Å². The molecule has 2 aliphatic heterocycles. The normalized spacial score (nSPS) is 17.2. The summed E-state index contributed by atoms with van der Waals surface area (Å²) in [6.45, 7) is 1.89. The molecule has 0 spiro atoms. The van der Waals surface area contributed by atoms with Gasteiger partial charge in [-0.1, -0.05) is 69.7 Å². The Bertz CT molecular complexity index is 1930. The number of nitrogens with zero attached hydrogens (tertiary/aromatic N) is 3. The SMILES string of the molecule is CCOC(=O)C1=C(c2ccccc2)N=c2s/c(=C3\C(=O)N(C)c4ccc(Br)cc43)c(=O)n2[C@@H]1c1ccc(OC)cc1. The fraction of sp³-hybridized carbons (Fsp3) is 0.161. The summed E-state index contributed by atoms with van der Waals surface area (Å²) in [5.74, 6) is -0.216. The second-order valence-electron chi connectivity index (χ2n) is 9.43. The highest BCUT2D eigenvalue weighted by Crippen LogP contribution is 2.38. The van der Waals surface area contributed by atoms with E-state index in [2.05, 4.69) is 15.9 Å². The summed E-state index contributed by atoms with van der Waals surface area (Å²) in [6, 6.07) is 21.2. The molecule has 206 valence electrons. The van der Waals surface area contributed by atoms with Crippen LogP contribution in [0.1, 0.15) is 29.7 Å². The number of hydrogen-bond acceptors (Lipinski definition) is 7. The van der Waals surface area contributed by atoms with Crippen LogP contribution in [0.4, 0.5) is 5.69 Å². The quantitative estimate of drug-likeness (QED) is 0.311. The Morgan fingerprint density at radius 2 is 1.78 bits per heavy atom. The van der Waals surface area contributed by atoms with Crippen molar-refractivity contribution in [3.8, 4) is 5.75 Å². The number of amides is 1. The van der Waals surface area contributed by atoms with Crippen LogP contribution in [0.5, 0.6) is 5.75 Å². The zero-order valence-electron chi connectivity index (χ0n) is 22.4. The second-order valence-corrected chi connectivity index (χ2v) is 11.3. The number of hydrogen-bond donors (Lipinski definition) is 0. The Morgan fingerprint density at radius 3 is 2.46 bits per heavy atom. The van der Waals surface area contributed by atoms with Gasteiger partial charge in [-0.25, -0.2) is 9.79 Å². The number of esters is 1. The van der Waals surface area contributed by atoms with Crippen LogP contribution >= 0.6 is 27.3 Å². The van der Waals surface area contributed by atoms with E-state index in [1.54, 1.807) is 33.2 Å². The first-order chi connectivity index (χ1) is 19.8. The lowest BCUT2D eigenvalue weighted by atomic mass is 9.93. The van der Waals surface area contributed by atoms with E-state index in [1.807, 2.05) is 60.7 Å². The van der Waals surface area contributed by atoms with Crippen molar-refractivity contribution in [1.29, 1.82) is 0 Å². The first-order valence-electron chi connectivity index (χ1n) is 12.9. The first-order valence-corrected chi connectivity index (χ1v) is 14.5. The van der Waals surface area contributed by atoms with Gasteiger partial charge in [0, 0.05) is 22.6 Å². The van der Waals surface area contributed by atoms with Gasteiger partial charge in [0.05, 0.1) is 42.3 Å². The molecule has 1 aromatic heterocycles. The van der Waals surface area contributed by atoms with Crippen LogP contribution in [0.25, 0.3) is 11.3 Å². The monoisotopic (exact) mass is 629 g/mol. The number of rotatable bonds is 5. The standard InChI is InChI=1S/C31H24BrN3O5S/c1-4-40-30(38)24-25(17-8-6-5-7-9-17)33-31-35(26(24)18-10-13-20(39-3)14-11-18)29(37)27(41-31)23-21-16-19(32)12-15-22(21)34(2)28(23)36/h5-16,26H,4H2,1-3H3/b27-23-/t26-/m1/s1. The molecule has 2 aliphatic rings. The van der Waals surface area contributed by atoms with Crippen LogP contribution in [-0.2, 0) is 14.3 Å². The van der Waals surface area contributed by atoms with Gasteiger partial charge in [-0.05, 0) is 42.8 Å². The van der Waals surface area contributed by atoms with E-state index in [9.17, 15) is 14.4 Å². The van der Waals surface area contributed by atoms with Gasteiger partial charge in [-0.3, -0.25) is 14.2 Å². The topological polar surface area (TPSA) is 90.2 Å². The van der Waals surface area contributed by atoms with Gasteiger partial charge in [0.25, 0.3) is 11.5 Å². The average Bonchev–Trinajstić information content (AvgIpc) is 3.44. The van der Waals surface area contributed by atoms with Crippen molar-refractivity contribution >= 4 is 56.1 Å². The number of anilines is 1. The van der Waals surface area contributed by atoms with Crippen molar-refractivity contribution in [2.75, 3.05) is 25.7 Å². The Balaban J connectivity index is 1.72. The van der Waals surface area contributed by atoms with Gasteiger partial charge < -0.3 is 14.4 Å². The van der Waals surface area contributed by atoms with Crippen LogP contribution in [0, 0.1) is 0 Å². The molecule has 0 fully saturated rings. The van der Waals surface area contributed by atoms with E-state index in [4.69, 9.17) is 14.5 Å². The largest absolute Gasteiger partial charge is 0.497 e. The van der Waals surface area contributed by atoms with Gasteiger partial charge in [0.2, 0.25) is 0 Å². The number of carbonyl (C=O) groups is 2. The zero-order chi connectivity index (χ0) is 28.8. The molecule has 10 heteroatoms. The molecule has 0 unspecified atom stereocenters. The number of likely N-dealkylation sites (N-methyl/N-ethyl adjacent to an activating group) is 1. The number of fused-ring (bicyclic) bond motifs is 2. The van der Waals surface area contributed by atoms with Gasteiger partial charge in [-0.2, -0.15) is 0 Å². The highest BCUT2D eigenvalue weighted by Gasteiger charge is 2.37.